The molecule has 134 heavy (non-hydrogen) atoms. The fourth-order valence-electron chi connectivity index (χ4n) is 15.2. The molecule has 7 amide bonds. The lowest BCUT2D eigenvalue weighted by molar-refractivity contribution is -0.277. The lowest BCUT2D eigenvalue weighted by Gasteiger charge is -2.41. The third-order valence-electron chi connectivity index (χ3n) is 22.9. The first-order chi connectivity index (χ1) is 63.9. The van der Waals surface area contributed by atoms with E-state index >= 15 is 0 Å². The molecule has 0 bridgehead atoms. The smallest absolute Gasteiger partial charge is 0.480 e. The van der Waals surface area contributed by atoms with Gasteiger partial charge in [-0.3, -0.25) is 38.5 Å². The Morgan fingerprint density at radius 2 is 1.25 bits per heavy atom. The summed E-state index contributed by atoms with van der Waals surface area (Å²) < 4.78 is 122. The molecule has 2 aliphatic heterocycles. The van der Waals surface area contributed by atoms with Crippen LogP contribution in [0.5, 0.6) is 17.2 Å². The van der Waals surface area contributed by atoms with Gasteiger partial charge in [-0.1, -0.05) is 132 Å². The Hall–Kier alpha value is -10.7. The van der Waals surface area contributed by atoms with Crippen molar-refractivity contribution in [1.29, 1.82) is 0 Å². The number of carboxylic acid groups (broad SMARTS) is 1. The Morgan fingerprint density at radius 3 is 1.86 bits per heavy atom. The number of aliphatic hydroxyl groups is 4. The monoisotopic (exact) mass is 1920 g/mol. The Morgan fingerprint density at radius 1 is 0.642 bits per heavy atom. The maximum absolute atomic E-state index is 14.9. The number of ketones is 1. The number of hydrogen-bond donors (Lipinski definition) is 9. The molecule has 3 unspecified atom stereocenters. The van der Waals surface area contributed by atoms with Crippen LogP contribution in [-0.4, -0.2) is 318 Å². The molecule has 2 aliphatic rings. The number of aliphatic hydroxyl groups excluding tert-OH is 4. The second kappa shape index (κ2) is 53.6. The van der Waals surface area contributed by atoms with Gasteiger partial charge in [0.05, 0.1) is 133 Å². The number of aliphatic carboxylic acids is 1. The predicted molar refractivity (Wildman–Crippen MR) is 483 cm³/mol. The van der Waals surface area contributed by atoms with Crippen molar-refractivity contribution in [3.8, 4) is 17.2 Å². The van der Waals surface area contributed by atoms with E-state index < -0.39 is 172 Å². The average Bonchev–Trinajstić information content (AvgIpc) is 0.822. The number of hydrogen-bond acceptors (Lipinski definition) is 31. The van der Waals surface area contributed by atoms with Crippen LogP contribution < -0.4 is 34.4 Å². The second-order valence-electron chi connectivity index (χ2n) is 33.3. The van der Waals surface area contributed by atoms with E-state index in [-0.39, 0.29) is 137 Å². The maximum Gasteiger partial charge on any atom is 0.501 e. The highest BCUT2D eigenvalue weighted by Gasteiger charge is 2.47. The summed E-state index contributed by atoms with van der Waals surface area (Å²) in [6.07, 6.45) is -8.43. The summed E-state index contributed by atoms with van der Waals surface area (Å²) in [4.78, 5) is 127. The summed E-state index contributed by atoms with van der Waals surface area (Å²) in [5.41, 5.74) is 3.01. The summed E-state index contributed by atoms with van der Waals surface area (Å²) in [5, 5.41) is 70.8. The van der Waals surface area contributed by atoms with Crippen LogP contribution in [0, 0.1) is 30.6 Å². The minimum absolute atomic E-state index is 0.0223. The van der Waals surface area contributed by atoms with Gasteiger partial charge in [0.1, 0.15) is 60.6 Å². The number of amides is 7. The largest absolute Gasteiger partial charge is 0.501 e. The zero-order chi connectivity index (χ0) is 97.9. The van der Waals surface area contributed by atoms with Gasteiger partial charge in [0, 0.05) is 77.5 Å². The first kappa shape index (κ1) is 109. The van der Waals surface area contributed by atoms with Gasteiger partial charge in [0.15, 0.2) is 27.1 Å². The third-order valence-corrected chi connectivity index (χ3v) is 25.4. The number of rotatable bonds is 57. The van der Waals surface area contributed by atoms with Gasteiger partial charge in [-0.25, -0.2) is 22.7 Å². The number of aromatic nitrogens is 3. The first-order valence-corrected chi connectivity index (χ1v) is 47.4. The summed E-state index contributed by atoms with van der Waals surface area (Å²) in [7, 11) is -2.97. The van der Waals surface area contributed by atoms with Gasteiger partial charge in [-0.15, -0.1) is 13.5 Å². The topological polar surface area (TPSA) is 522 Å². The Bertz CT molecular complexity index is 5000. The molecule has 5 aromatic carbocycles. The summed E-state index contributed by atoms with van der Waals surface area (Å²) in [5.74, 6) is -8.65. The van der Waals surface area contributed by atoms with Crippen molar-refractivity contribution in [2.45, 2.75) is 192 Å². The highest BCUT2D eigenvalue weighted by atomic mass is 32.3. The number of benzene rings is 5. The number of carbonyl (C=O) groups is 9. The zero-order valence-electron chi connectivity index (χ0n) is 77.6. The average molecular weight is 1920 g/mol. The van der Waals surface area contributed by atoms with Crippen molar-refractivity contribution in [3.63, 3.8) is 0 Å². The zero-order valence-corrected chi connectivity index (χ0v) is 79.2. The van der Waals surface area contributed by atoms with Gasteiger partial charge >= 0.3 is 22.5 Å². The molecule has 3 heterocycles. The molecule has 0 saturated carbocycles. The molecular formula is C92H128N10O30S2. The van der Waals surface area contributed by atoms with Crippen LogP contribution >= 0.6 is 0 Å². The van der Waals surface area contributed by atoms with Crippen LogP contribution in [0.15, 0.2) is 132 Å². The van der Waals surface area contributed by atoms with Gasteiger partial charge in [-0.2, -0.15) is 0 Å². The van der Waals surface area contributed by atoms with Crippen molar-refractivity contribution in [2.24, 2.45) is 23.7 Å². The number of Topliss-reactive ketones (excluding diaryl/α,β-unsaturated/α-hetero) is 1. The summed E-state index contributed by atoms with van der Waals surface area (Å²) >= 11 is 0. The van der Waals surface area contributed by atoms with E-state index in [1.54, 1.807) is 99.9 Å². The van der Waals surface area contributed by atoms with Gasteiger partial charge in [0.25, 0.3) is 11.8 Å². The fraction of sp³-hybridized carbons (Fsp3) is 0.554. The molecule has 2 saturated heterocycles. The SMILES string of the molecule is CCC(C)[C@@H]([C@@H](CC(=O)N1CCC[C@H]1[C@H](OC)[C@@H](C)C(=O)NC(Cc1ccccc1)C(=O)O)OC)N(C)C(=O)[C@@H](NC(=O)[C@H](C(C)C)N(C)C(=O)OCc1ccc(OS(=O)(=O)Oc2cc(C(=O)NCCOCCOCCOCCn3cc(COCCOCCNC(=O)c4ccc(C(=O)CCS(=O)(=O)c5ccc(C)cc5)cc4)nn3)ccc2OC2O[C@H](CO)[C@H](O)[C@H](O)[C@H]2O)cc1)C(C)C. The number of nitrogens with zero attached hydrogens (tertiary/aromatic N) is 6. The molecule has 40 nitrogen and oxygen atoms in total. The molecule has 9 N–H and O–H groups in total. The standard InChI is InChI=1S/C92H128N10O30S2/c1-13-60(7)80(75(121-11)52-77(105)102-38-17-20-71(102)84(122-12)61(8)85(109)95-70(90(114)115)50-62-18-15-14-16-19-62)99(9)89(113)78(57(2)3)96-88(112)79(58(4)5)100(10)92(116)128-55-63-23-30-68(31-24-63)131-134(119,120)132-74-51-66(29-34-73(74)129-91-83(108)82(107)81(106)76(54-103)130-91)87(111)94-37-41-123-43-45-126-46-44-125-42-39-101-53-67(97-98-101)56-127-48-47-124-40-36-93-86(110)65-27-25-64(26-28-65)72(104)35-49-133(117,118)69-32-21-59(6)22-33-69/h14-16,18-19,21-34,51,53,57-58,60-61,70-71,75-76,78-84,91,103,106-108H,13,17,20,35-50,52,54-56H2,1-12H3,(H,93,110)(H,94,111)(H,95,109)(H,96,112)(H,114,115)/t60?,61-,70?,71+,75-,76-,78+,79+,80+,81+,82+,83-,84-,91?/m1/s1. The van der Waals surface area contributed by atoms with E-state index in [1.807, 2.05) is 20.8 Å². The van der Waals surface area contributed by atoms with Crippen LogP contribution in [0.3, 0.4) is 0 Å². The number of sulfone groups is 1. The minimum Gasteiger partial charge on any atom is -0.480 e. The number of likely N-dealkylation sites (tertiary alicyclic amines) is 1. The van der Waals surface area contributed by atoms with Crippen LogP contribution in [0.25, 0.3) is 0 Å². The van der Waals surface area contributed by atoms with E-state index in [4.69, 9.17) is 55.7 Å². The number of nitrogens with one attached hydrogen (secondary N) is 4. The second-order valence-corrected chi connectivity index (χ2v) is 36.6. The number of aryl methyl sites for hydroxylation is 1. The lowest BCUT2D eigenvalue weighted by Crippen LogP contribution is -2.60. The van der Waals surface area contributed by atoms with Crippen molar-refractivity contribution in [2.75, 3.05) is 120 Å². The van der Waals surface area contributed by atoms with E-state index in [1.165, 1.54) is 92.9 Å². The highest BCUT2D eigenvalue weighted by Crippen LogP contribution is 2.36. The number of likely N-dealkylation sites (N-methyl/N-ethyl adjacent to an activating group) is 2. The molecule has 0 spiro atoms. The van der Waals surface area contributed by atoms with Crippen molar-refractivity contribution in [1.82, 2.24) is 51.0 Å². The molecule has 42 heteroatoms. The van der Waals surface area contributed by atoms with Crippen LogP contribution in [-0.2, 0) is 113 Å². The maximum atomic E-state index is 14.9. The molecule has 2 fully saturated rings. The molecular weight excluding hydrogens is 1790 g/mol. The number of carbonyl (C=O) groups excluding carboxylic acids is 8. The fourth-order valence-corrected chi connectivity index (χ4v) is 17.2. The van der Waals surface area contributed by atoms with Gasteiger partial charge < -0.3 is 112 Å². The molecule has 6 aromatic rings. The molecule has 0 radical (unpaired) electrons. The predicted octanol–water partition coefficient (Wildman–Crippen LogP) is 4.42. The van der Waals surface area contributed by atoms with Crippen molar-refractivity contribution in [3.05, 3.63) is 167 Å². The summed E-state index contributed by atoms with van der Waals surface area (Å²) in [6.45, 7) is 16.0. The normalized spacial score (nSPS) is 18.1. The first-order valence-electron chi connectivity index (χ1n) is 44.4. The van der Waals surface area contributed by atoms with Gasteiger partial charge in [-0.05, 0) is 103 Å². The number of ether oxygens (including phenoxy) is 10. The molecule has 8 rings (SSSR count). The molecule has 14 atom stereocenters. The molecule has 738 valence electrons. The minimum atomic E-state index is -5.17. The Kier molecular flexibility index (Phi) is 43.4. The number of carboxylic acids is 1. The van der Waals surface area contributed by atoms with Crippen LogP contribution in [0.1, 0.15) is 134 Å². The van der Waals surface area contributed by atoms with E-state index in [0.29, 0.717) is 61.3 Å². The van der Waals surface area contributed by atoms with E-state index in [0.717, 1.165) is 28.2 Å². The third kappa shape index (κ3) is 32.5. The van der Waals surface area contributed by atoms with Crippen LogP contribution in [0.2, 0.25) is 0 Å². The van der Waals surface area contributed by atoms with Crippen molar-refractivity contribution < 1.29 is 141 Å². The molecule has 1 aromatic heterocycles. The Balaban J connectivity index is 0.741. The Labute approximate surface area is 780 Å². The number of methoxy groups -OCH3 is 2. The molecule has 0 aliphatic carbocycles. The van der Waals surface area contributed by atoms with Crippen molar-refractivity contribution >= 4 is 73.5 Å². The highest BCUT2D eigenvalue weighted by molar-refractivity contribution is 7.91. The van der Waals surface area contributed by atoms with Crippen LogP contribution in [0.4, 0.5) is 4.79 Å². The summed E-state index contributed by atoms with van der Waals surface area (Å²) in [6, 6.07) is 25.0. The quantitative estimate of drug-likeness (QED) is 0.0188. The lowest BCUT2D eigenvalue weighted by atomic mass is 9.89. The van der Waals surface area contributed by atoms with E-state index in [2.05, 4.69) is 31.6 Å². The van der Waals surface area contributed by atoms with Gasteiger partial charge in [0.2, 0.25) is 29.9 Å². The van der Waals surface area contributed by atoms with E-state index in [9.17, 15) is 85.5 Å².